The number of carbonyl (C=O) groups excluding carboxylic acids is 1. The van der Waals surface area contributed by atoms with Crippen molar-refractivity contribution >= 4 is 29.1 Å². The molecule has 0 spiro atoms. The summed E-state index contributed by atoms with van der Waals surface area (Å²) in [5, 5.41) is 15.0. The largest absolute Gasteiger partial charge is 0.481 e. The lowest BCUT2D eigenvalue weighted by Crippen LogP contribution is -2.32. The number of benzene rings is 2. The molecular weight excluding hydrogens is 409 g/mol. The highest BCUT2D eigenvalue weighted by atomic mass is 19.1. The van der Waals surface area contributed by atoms with Crippen LogP contribution in [0, 0.1) is 23.6 Å². The van der Waals surface area contributed by atoms with Crippen molar-refractivity contribution in [1.29, 1.82) is 0 Å². The molecule has 2 aromatic carbocycles. The number of carbonyl (C=O) groups is 2. The van der Waals surface area contributed by atoms with Gasteiger partial charge >= 0.3 is 12.0 Å². The van der Waals surface area contributed by atoms with Gasteiger partial charge in [-0.2, -0.15) is 0 Å². The van der Waals surface area contributed by atoms with Crippen molar-refractivity contribution in [3.63, 3.8) is 0 Å². The summed E-state index contributed by atoms with van der Waals surface area (Å²) >= 11 is 0. The number of carboxylic acid groups (broad SMARTS) is 1. The first-order chi connectivity index (χ1) is 15.1. The molecule has 2 amide bonds. The molecule has 1 aliphatic carbocycles. The van der Waals surface area contributed by atoms with Crippen LogP contribution in [0.25, 0.3) is 0 Å². The molecule has 1 saturated carbocycles. The zero-order valence-corrected chi connectivity index (χ0v) is 19.1. The van der Waals surface area contributed by atoms with Crippen molar-refractivity contribution in [1.82, 2.24) is 0 Å². The molecule has 1 aliphatic rings. The number of rotatable bonds is 9. The highest BCUT2D eigenvalue weighted by molar-refractivity contribution is 6.02. The molecule has 0 heterocycles. The van der Waals surface area contributed by atoms with Crippen LogP contribution in [-0.4, -0.2) is 30.2 Å². The van der Waals surface area contributed by atoms with Crippen molar-refractivity contribution in [3.8, 4) is 0 Å². The second-order valence-electron chi connectivity index (χ2n) is 9.34. The van der Waals surface area contributed by atoms with Crippen LogP contribution in [-0.2, 0) is 4.79 Å². The Labute approximate surface area is 188 Å². The molecule has 0 bridgehead atoms. The van der Waals surface area contributed by atoms with Crippen molar-refractivity contribution in [2.24, 2.45) is 17.8 Å². The third-order valence-electron chi connectivity index (χ3n) is 5.42. The number of carboxylic acids is 1. The van der Waals surface area contributed by atoms with Crippen molar-refractivity contribution in [3.05, 3.63) is 53.8 Å². The number of anilines is 3. The van der Waals surface area contributed by atoms with E-state index in [-0.39, 0.29) is 17.7 Å². The topological polar surface area (TPSA) is 81.7 Å². The minimum atomic E-state index is -0.788. The van der Waals surface area contributed by atoms with E-state index in [9.17, 15) is 19.1 Å². The van der Waals surface area contributed by atoms with Gasteiger partial charge in [-0.25, -0.2) is 9.18 Å². The number of aliphatic carboxylic acids is 1. The SMILES string of the molecule is CC(C)CN(CC(C)C)c1ccc([C@H]2C[C@H]2C(=O)O)cc1NC(=O)Nc1ccc(F)cc1. The normalized spacial score (nSPS) is 17.3. The minimum Gasteiger partial charge on any atom is -0.481 e. The Balaban J connectivity index is 1.88. The van der Waals surface area contributed by atoms with E-state index >= 15 is 0 Å². The molecule has 7 heteroatoms. The van der Waals surface area contributed by atoms with E-state index in [2.05, 4.69) is 43.2 Å². The van der Waals surface area contributed by atoms with Gasteiger partial charge in [-0.1, -0.05) is 33.8 Å². The smallest absolute Gasteiger partial charge is 0.323 e. The molecule has 32 heavy (non-hydrogen) atoms. The Morgan fingerprint density at radius 2 is 1.66 bits per heavy atom. The number of amides is 2. The third kappa shape index (κ3) is 6.22. The van der Waals surface area contributed by atoms with E-state index in [0.717, 1.165) is 24.3 Å². The summed E-state index contributed by atoms with van der Waals surface area (Å²) in [4.78, 5) is 26.3. The van der Waals surface area contributed by atoms with Gasteiger partial charge in [-0.15, -0.1) is 0 Å². The van der Waals surface area contributed by atoms with E-state index in [0.29, 0.717) is 29.6 Å². The summed E-state index contributed by atoms with van der Waals surface area (Å²) in [6, 6.07) is 11.0. The van der Waals surface area contributed by atoms with Crippen LogP contribution in [0.15, 0.2) is 42.5 Å². The molecule has 172 valence electrons. The van der Waals surface area contributed by atoms with E-state index in [1.54, 1.807) is 0 Å². The second kappa shape index (κ2) is 10.0. The standard InChI is InChI=1S/C25H32FN3O3/c1-15(2)13-29(14-16(3)4)23-10-5-17(20-12-21(20)24(30)31)11-22(23)28-25(32)27-19-8-6-18(26)7-9-19/h5-11,15-16,20-21H,12-14H2,1-4H3,(H,30,31)(H2,27,28,32)/t20-,21-/m1/s1. The van der Waals surface area contributed by atoms with Crippen LogP contribution in [0.1, 0.15) is 45.6 Å². The number of urea groups is 1. The van der Waals surface area contributed by atoms with Gasteiger partial charge in [0, 0.05) is 18.8 Å². The Bertz CT molecular complexity index is 949. The fraction of sp³-hybridized carbons (Fsp3) is 0.440. The Kier molecular flexibility index (Phi) is 7.38. The first-order valence-electron chi connectivity index (χ1n) is 11.1. The zero-order valence-electron chi connectivity index (χ0n) is 19.1. The van der Waals surface area contributed by atoms with Gasteiger partial charge in [-0.3, -0.25) is 4.79 Å². The highest BCUT2D eigenvalue weighted by Gasteiger charge is 2.44. The lowest BCUT2D eigenvalue weighted by atomic mass is 10.0. The van der Waals surface area contributed by atoms with Gasteiger partial charge < -0.3 is 20.6 Å². The third-order valence-corrected chi connectivity index (χ3v) is 5.42. The first kappa shape index (κ1) is 23.6. The molecule has 0 aliphatic heterocycles. The van der Waals surface area contributed by atoms with Gasteiger partial charge in [0.25, 0.3) is 0 Å². The fourth-order valence-electron chi connectivity index (χ4n) is 3.97. The second-order valence-corrected chi connectivity index (χ2v) is 9.34. The van der Waals surface area contributed by atoms with E-state index in [1.165, 1.54) is 24.3 Å². The van der Waals surface area contributed by atoms with Crippen LogP contribution in [0.5, 0.6) is 0 Å². The first-order valence-corrected chi connectivity index (χ1v) is 11.1. The molecule has 0 aromatic heterocycles. The van der Waals surface area contributed by atoms with Crippen LogP contribution < -0.4 is 15.5 Å². The van der Waals surface area contributed by atoms with Crippen LogP contribution in [0.3, 0.4) is 0 Å². The summed E-state index contributed by atoms with van der Waals surface area (Å²) in [5.74, 6) is -0.719. The van der Waals surface area contributed by atoms with Crippen LogP contribution in [0.4, 0.5) is 26.2 Å². The molecule has 2 atom stereocenters. The van der Waals surface area contributed by atoms with Crippen molar-refractivity contribution in [2.45, 2.75) is 40.0 Å². The molecule has 3 N–H and O–H groups in total. The summed E-state index contributed by atoms with van der Waals surface area (Å²) < 4.78 is 13.2. The van der Waals surface area contributed by atoms with Gasteiger partial charge in [0.1, 0.15) is 5.82 Å². The number of halogens is 1. The molecule has 0 unspecified atom stereocenters. The maximum absolute atomic E-state index is 13.2. The predicted molar refractivity (Wildman–Crippen MR) is 126 cm³/mol. The zero-order chi connectivity index (χ0) is 23.4. The Morgan fingerprint density at radius 3 is 2.19 bits per heavy atom. The number of nitrogens with zero attached hydrogens (tertiary/aromatic N) is 1. The molecule has 3 rings (SSSR count). The average molecular weight is 442 g/mol. The van der Waals surface area contributed by atoms with Crippen molar-refractivity contribution < 1.29 is 19.1 Å². The number of hydrogen-bond donors (Lipinski definition) is 3. The van der Waals surface area contributed by atoms with Gasteiger partial charge in [-0.05, 0) is 66.1 Å². The maximum Gasteiger partial charge on any atom is 0.323 e. The lowest BCUT2D eigenvalue weighted by molar-refractivity contribution is -0.138. The van der Waals surface area contributed by atoms with E-state index < -0.39 is 12.0 Å². The monoisotopic (exact) mass is 441 g/mol. The molecular formula is C25H32FN3O3. The summed E-state index contributed by atoms with van der Waals surface area (Å²) in [6.07, 6.45) is 0.609. The molecule has 0 saturated heterocycles. The maximum atomic E-state index is 13.2. The van der Waals surface area contributed by atoms with Gasteiger partial charge in [0.2, 0.25) is 0 Å². The van der Waals surface area contributed by atoms with Crippen molar-refractivity contribution in [2.75, 3.05) is 28.6 Å². The predicted octanol–water partition coefficient (Wildman–Crippen LogP) is 5.78. The summed E-state index contributed by atoms with van der Waals surface area (Å²) in [5.41, 5.74) is 2.93. The van der Waals surface area contributed by atoms with E-state index in [4.69, 9.17) is 0 Å². The molecule has 1 fully saturated rings. The van der Waals surface area contributed by atoms with Crippen LogP contribution >= 0.6 is 0 Å². The van der Waals surface area contributed by atoms with Gasteiger partial charge in [0.05, 0.1) is 17.3 Å². The fourth-order valence-corrected chi connectivity index (χ4v) is 3.97. The number of nitrogens with one attached hydrogen (secondary N) is 2. The Morgan fingerprint density at radius 1 is 1.03 bits per heavy atom. The highest BCUT2D eigenvalue weighted by Crippen LogP contribution is 2.49. The summed E-state index contributed by atoms with van der Waals surface area (Å²) in [6.45, 7) is 10.3. The number of hydrogen-bond acceptors (Lipinski definition) is 3. The summed E-state index contributed by atoms with van der Waals surface area (Å²) in [7, 11) is 0. The van der Waals surface area contributed by atoms with Crippen LogP contribution in [0.2, 0.25) is 0 Å². The Hall–Kier alpha value is -3.09. The van der Waals surface area contributed by atoms with E-state index in [1.807, 2.05) is 18.2 Å². The average Bonchev–Trinajstić information content (AvgIpc) is 3.50. The minimum absolute atomic E-state index is 0.0362. The van der Waals surface area contributed by atoms with Gasteiger partial charge in [0.15, 0.2) is 0 Å². The molecule has 0 radical (unpaired) electrons. The molecule has 6 nitrogen and oxygen atoms in total. The lowest BCUT2D eigenvalue weighted by Gasteiger charge is -2.30. The quantitative estimate of drug-likeness (QED) is 0.461. The molecule has 2 aromatic rings.